The van der Waals surface area contributed by atoms with Gasteiger partial charge in [-0.2, -0.15) is 13.2 Å². The lowest BCUT2D eigenvalue weighted by Crippen LogP contribution is -2.24. The fraction of sp³-hybridized carbons (Fsp3) is 0.500. The van der Waals surface area contributed by atoms with Gasteiger partial charge in [-0.1, -0.05) is 18.2 Å². The molecule has 1 atom stereocenters. The highest BCUT2D eigenvalue weighted by Crippen LogP contribution is 2.35. The average molecular weight is 320 g/mol. The third-order valence-electron chi connectivity index (χ3n) is 3.69. The van der Waals surface area contributed by atoms with Crippen LogP contribution >= 0.6 is 12.4 Å². The Hall–Kier alpha value is -1.00. The fourth-order valence-corrected chi connectivity index (χ4v) is 2.78. The lowest BCUT2D eigenvalue weighted by Gasteiger charge is -2.27. The molecule has 1 unspecified atom stereocenters. The largest absolute Gasteiger partial charge is 0.416 e. The predicted octanol–water partition coefficient (Wildman–Crippen LogP) is 4.87. The van der Waals surface area contributed by atoms with Crippen molar-refractivity contribution >= 4 is 18.0 Å². The smallest absolute Gasteiger partial charge is 0.309 e. The standard InChI is InChI=1S/C16H20F3N.ClH/c1-20(2)11-13-5-3-4-6-15(13)12-7-9-14(10-8-12)16(17,18)19;/h6-10,13H,3-5,11H2,1-2H3;1H. The maximum Gasteiger partial charge on any atom is 0.416 e. The Morgan fingerprint density at radius 2 is 1.76 bits per heavy atom. The summed E-state index contributed by atoms with van der Waals surface area (Å²) in [7, 11) is 4.05. The van der Waals surface area contributed by atoms with Crippen LogP contribution < -0.4 is 0 Å². The molecule has 0 saturated carbocycles. The van der Waals surface area contributed by atoms with E-state index in [9.17, 15) is 13.2 Å². The van der Waals surface area contributed by atoms with Gasteiger partial charge in [0.2, 0.25) is 0 Å². The second-order valence-corrected chi connectivity index (χ2v) is 5.62. The summed E-state index contributed by atoms with van der Waals surface area (Å²) in [6, 6.07) is 5.56. The third-order valence-corrected chi connectivity index (χ3v) is 3.69. The van der Waals surface area contributed by atoms with Gasteiger partial charge in [0.05, 0.1) is 5.56 Å². The molecule has 1 nitrogen and oxygen atoms in total. The molecule has 0 radical (unpaired) electrons. The molecule has 1 aromatic carbocycles. The zero-order chi connectivity index (χ0) is 14.8. The average Bonchev–Trinajstić information content (AvgIpc) is 2.38. The van der Waals surface area contributed by atoms with E-state index in [0.29, 0.717) is 5.92 Å². The van der Waals surface area contributed by atoms with Crippen LogP contribution in [0.5, 0.6) is 0 Å². The van der Waals surface area contributed by atoms with Crippen molar-refractivity contribution in [1.82, 2.24) is 4.90 Å². The van der Waals surface area contributed by atoms with Crippen LogP contribution in [0.15, 0.2) is 30.3 Å². The lowest BCUT2D eigenvalue weighted by molar-refractivity contribution is -0.137. The van der Waals surface area contributed by atoms with E-state index in [2.05, 4.69) is 11.0 Å². The summed E-state index contributed by atoms with van der Waals surface area (Å²) >= 11 is 0. The first-order valence-corrected chi connectivity index (χ1v) is 6.90. The van der Waals surface area contributed by atoms with Crippen LogP contribution in [0.3, 0.4) is 0 Å². The Kier molecular flexibility index (Phi) is 6.29. The highest BCUT2D eigenvalue weighted by atomic mass is 35.5. The maximum absolute atomic E-state index is 12.6. The molecule has 0 amide bonds. The third kappa shape index (κ3) is 4.75. The normalized spacial score (nSPS) is 19.1. The molecule has 0 aromatic heterocycles. The molecule has 5 heteroatoms. The minimum Gasteiger partial charge on any atom is -0.309 e. The molecule has 0 spiro atoms. The van der Waals surface area contributed by atoms with E-state index in [1.54, 1.807) is 12.1 Å². The first-order valence-electron chi connectivity index (χ1n) is 6.90. The Morgan fingerprint density at radius 1 is 1.14 bits per heavy atom. The van der Waals surface area contributed by atoms with E-state index in [-0.39, 0.29) is 12.4 Å². The van der Waals surface area contributed by atoms with Crippen molar-refractivity contribution in [3.05, 3.63) is 41.5 Å². The number of rotatable bonds is 3. The molecule has 1 aliphatic carbocycles. The van der Waals surface area contributed by atoms with Crippen LogP contribution in [0.2, 0.25) is 0 Å². The van der Waals surface area contributed by atoms with Gasteiger partial charge in [0.1, 0.15) is 0 Å². The summed E-state index contributed by atoms with van der Waals surface area (Å²) in [6.45, 7) is 0.937. The number of alkyl halides is 3. The van der Waals surface area contributed by atoms with Crippen molar-refractivity contribution in [2.24, 2.45) is 5.92 Å². The first-order chi connectivity index (χ1) is 9.38. The second kappa shape index (κ2) is 7.32. The topological polar surface area (TPSA) is 3.24 Å². The van der Waals surface area contributed by atoms with Crippen LogP contribution in [0.4, 0.5) is 13.2 Å². The number of hydrogen-bond acceptors (Lipinski definition) is 1. The van der Waals surface area contributed by atoms with Gasteiger partial charge >= 0.3 is 6.18 Å². The van der Waals surface area contributed by atoms with Gasteiger partial charge < -0.3 is 4.90 Å². The molecule has 1 aliphatic rings. The SMILES string of the molecule is CN(C)CC1CCCC=C1c1ccc(C(F)(F)F)cc1.Cl. The Morgan fingerprint density at radius 3 is 2.29 bits per heavy atom. The molecule has 1 aromatic rings. The van der Waals surface area contributed by atoms with Crippen molar-refractivity contribution in [2.75, 3.05) is 20.6 Å². The molecule has 0 fully saturated rings. The highest BCUT2D eigenvalue weighted by molar-refractivity contribution is 5.85. The van der Waals surface area contributed by atoms with Gasteiger partial charge in [0.25, 0.3) is 0 Å². The molecule has 2 rings (SSSR count). The van der Waals surface area contributed by atoms with Gasteiger partial charge in [-0.25, -0.2) is 0 Å². The number of hydrogen-bond donors (Lipinski definition) is 0. The first kappa shape index (κ1) is 18.1. The van der Waals surface area contributed by atoms with E-state index >= 15 is 0 Å². The van der Waals surface area contributed by atoms with E-state index in [0.717, 1.165) is 31.4 Å². The molecule has 0 aliphatic heterocycles. The van der Waals surface area contributed by atoms with E-state index in [4.69, 9.17) is 0 Å². The van der Waals surface area contributed by atoms with Gasteiger partial charge in [-0.15, -0.1) is 12.4 Å². The number of benzene rings is 1. The molecule has 0 heterocycles. The van der Waals surface area contributed by atoms with Crippen LogP contribution in [0.25, 0.3) is 5.57 Å². The minimum absolute atomic E-state index is 0. The summed E-state index contributed by atoms with van der Waals surface area (Å²) in [5, 5.41) is 0. The predicted molar refractivity (Wildman–Crippen MR) is 82.6 cm³/mol. The molecule has 0 N–H and O–H groups in total. The Balaban J connectivity index is 0.00000220. The quantitative estimate of drug-likeness (QED) is 0.768. The molecule has 21 heavy (non-hydrogen) atoms. The molecule has 118 valence electrons. The zero-order valence-corrected chi connectivity index (χ0v) is 13.1. The highest BCUT2D eigenvalue weighted by Gasteiger charge is 2.30. The Labute approximate surface area is 130 Å². The summed E-state index contributed by atoms with van der Waals surface area (Å²) in [4.78, 5) is 2.13. The van der Waals surface area contributed by atoms with Gasteiger partial charge in [-0.05, 0) is 62.5 Å². The number of allylic oxidation sites excluding steroid dienone is 1. The molecular weight excluding hydrogens is 299 g/mol. The van der Waals surface area contributed by atoms with Gasteiger partial charge in [0, 0.05) is 6.54 Å². The Bertz CT molecular complexity index is 477. The maximum atomic E-state index is 12.6. The minimum atomic E-state index is -4.26. The van der Waals surface area contributed by atoms with Crippen molar-refractivity contribution in [3.63, 3.8) is 0 Å². The van der Waals surface area contributed by atoms with Crippen LogP contribution in [0.1, 0.15) is 30.4 Å². The summed E-state index contributed by atoms with van der Waals surface area (Å²) in [6.07, 6.45) is 1.19. The fourth-order valence-electron chi connectivity index (χ4n) is 2.78. The van der Waals surface area contributed by atoms with Crippen molar-refractivity contribution in [1.29, 1.82) is 0 Å². The van der Waals surface area contributed by atoms with Crippen molar-refractivity contribution < 1.29 is 13.2 Å². The van der Waals surface area contributed by atoms with Crippen molar-refractivity contribution in [2.45, 2.75) is 25.4 Å². The van der Waals surface area contributed by atoms with Gasteiger partial charge in [-0.3, -0.25) is 0 Å². The lowest BCUT2D eigenvalue weighted by atomic mass is 9.83. The van der Waals surface area contributed by atoms with Crippen LogP contribution in [-0.4, -0.2) is 25.5 Å². The van der Waals surface area contributed by atoms with Crippen LogP contribution in [0, 0.1) is 5.92 Å². The molecular formula is C16H21ClF3N. The number of nitrogens with zero attached hydrogens (tertiary/aromatic N) is 1. The van der Waals surface area contributed by atoms with E-state index in [1.807, 2.05) is 14.1 Å². The van der Waals surface area contributed by atoms with Crippen molar-refractivity contribution in [3.8, 4) is 0 Å². The van der Waals surface area contributed by atoms with Gasteiger partial charge in [0.15, 0.2) is 0 Å². The monoisotopic (exact) mass is 319 g/mol. The van der Waals surface area contributed by atoms with E-state index in [1.165, 1.54) is 17.7 Å². The van der Waals surface area contributed by atoms with Crippen LogP contribution in [-0.2, 0) is 6.18 Å². The number of halogens is 4. The summed E-state index contributed by atoms with van der Waals surface area (Å²) in [5.41, 5.74) is 1.53. The zero-order valence-electron chi connectivity index (χ0n) is 12.3. The van der Waals surface area contributed by atoms with E-state index < -0.39 is 11.7 Å². The molecule has 0 bridgehead atoms. The molecule has 0 saturated heterocycles. The second-order valence-electron chi connectivity index (χ2n) is 5.62. The summed E-state index contributed by atoms with van der Waals surface area (Å²) in [5.74, 6) is 0.412. The summed E-state index contributed by atoms with van der Waals surface area (Å²) < 4.78 is 37.8.